The van der Waals surface area contributed by atoms with Crippen molar-refractivity contribution >= 4 is 0 Å². The second-order valence-electron chi connectivity index (χ2n) is 4.73. The summed E-state index contributed by atoms with van der Waals surface area (Å²) in [7, 11) is 0. The minimum atomic E-state index is -0.493. The van der Waals surface area contributed by atoms with Crippen LogP contribution in [0.15, 0.2) is 6.33 Å². The van der Waals surface area contributed by atoms with E-state index in [1.165, 1.54) is 32.0 Å². The highest BCUT2D eigenvalue weighted by molar-refractivity contribution is 4.85. The number of hydrogen-bond donors (Lipinski definition) is 2. The Kier molecular flexibility index (Phi) is 4.94. The van der Waals surface area contributed by atoms with Crippen LogP contribution in [-0.2, 0) is 4.74 Å². The number of ether oxygens (including phenoxy) is 1. The Bertz CT molecular complexity index is 297. The topological polar surface area (TPSA) is 71.0 Å². The Morgan fingerprint density at radius 2 is 2.24 bits per heavy atom. The highest BCUT2D eigenvalue weighted by Crippen LogP contribution is 2.23. The number of unbranched alkanes of at least 4 members (excludes halogenated alkanes) is 1. The lowest BCUT2D eigenvalue weighted by Gasteiger charge is -2.21. The normalized spacial score (nSPS) is 19.4. The summed E-state index contributed by atoms with van der Waals surface area (Å²) in [5, 5.41) is 16.2. The minimum Gasteiger partial charge on any atom is -0.385 e. The number of aromatic amines is 1. The van der Waals surface area contributed by atoms with Crippen LogP contribution in [0.5, 0.6) is 0 Å². The molecule has 0 radical (unpaired) electrons. The van der Waals surface area contributed by atoms with E-state index in [0.717, 1.165) is 32.0 Å². The molecule has 0 saturated carbocycles. The lowest BCUT2D eigenvalue weighted by atomic mass is 9.93. The molecule has 2 rings (SSSR count). The lowest BCUT2D eigenvalue weighted by molar-refractivity contribution is 0.0625. The van der Waals surface area contributed by atoms with Gasteiger partial charge >= 0.3 is 0 Å². The van der Waals surface area contributed by atoms with Crippen molar-refractivity contribution in [2.24, 2.45) is 5.92 Å². The van der Waals surface area contributed by atoms with E-state index in [-0.39, 0.29) is 0 Å². The molecule has 1 aromatic heterocycles. The van der Waals surface area contributed by atoms with Gasteiger partial charge in [0, 0.05) is 13.2 Å². The third-order valence-corrected chi connectivity index (χ3v) is 3.43. The maximum Gasteiger partial charge on any atom is 0.153 e. The number of nitrogens with zero attached hydrogens (tertiary/aromatic N) is 2. The molecule has 1 fully saturated rings. The Balaban J connectivity index is 1.56. The number of aliphatic hydroxyl groups excluding tert-OH is 1. The predicted molar refractivity (Wildman–Crippen MR) is 63.4 cm³/mol. The van der Waals surface area contributed by atoms with Gasteiger partial charge in [-0.3, -0.25) is 5.10 Å². The maximum absolute atomic E-state index is 9.79. The van der Waals surface area contributed by atoms with Crippen molar-refractivity contribution in [1.82, 2.24) is 15.2 Å². The van der Waals surface area contributed by atoms with E-state index in [2.05, 4.69) is 15.2 Å². The second kappa shape index (κ2) is 6.71. The van der Waals surface area contributed by atoms with E-state index in [1.807, 2.05) is 0 Å². The quantitative estimate of drug-likeness (QED) is 0.743. The lowest BCUT2D eigenvalue weighted by Crippen LogP contribution is -2.15. The first-order valence-electron chi connectivity index (χ1n) is 6.47. The first-order valence-corrected chi connectivity index (χ1v) is 6.47. The van der Waals surface area contributed by atoms with E-state index in [0.29, 0.717) is 5.82 Å². The summed E-state index contributed by atoms with van der Waals surface area (Å²) in [6, 6.07) is 0. The molecule has 96 valence electrons. The van der Waals surface area contributed by atoms with Gasteiger partial charge in [-0.2, -0.15) is 5.10 Å². The van der Waals surface area contributed by atoms with Crippen molar-refractivity contribution in [2.45, 2.75) is 44.6 Å². The second-order valence-corrected chi connectivity index (χ2v) is 4.73. The van der Waals surface area contributed by atoms with Gasteiger partial charge in [0.25, 0.3) is 0 Å². The molecule has 0 aromatic carbocycles. The predicted octanol–water partition coefficient (Wildman–Crippen LogP) is 1.83. The van der Waals surface area contributed by atoms with Gasteiger partial charge in [-0.25, -0.2) is 4.98 Å². The van der Waals surface area contributed by atoms with Crippen molar-refractivity contribution in [2.75, 3.05) is 13.2 Å². The third kappa shape index (κ3) is 4.09. The fraction of sp³-hybridized carbons (Fsp3) is 0.833. The summed E-state index contributed by atoms with van der Waals surface area (Å²) in [4.78, 5) is 3.95. The van der Waals surface area contributed by atoms with Crippen molar-refractivity contribution < 1.29 is 9.84 Å². The van der Waals surface area contributed by atoms with E-state index in [4.69, 9.17) is 4.74 Å². The van der Waals surface area contributed by atoms with Gasteiger partial charge in [-0.15, -0.1) is 0 Å². The number of hydrogen-bond acceptors (Lipinski definition) is 4. The zero-order valence-electron chi connectivity index (χ0n) is 10.1. The van der Waals surface area contributed by atoms with Gasteiger partial charge in [-0.1, -0.05) is 19.3 Å². The summed E-state index contributed by atoms with van der Waals surface area (Å²) in [5.74, 6) is 1.40. The molecule has 5 heteroatoms. The molecule has 1 unspecified atom stereocenters. The third-order valence-electron chi connectivity index (χ3n) is 3.43. The van der Waals surface area contributed by atoms with Crippen molar-refractivity contribution in [1.29, 1.82) is 0 Å². The first-order chi connectivity index (χ1) is 8.36. The molecule has 0 bridgehead atoms. The van der Waals surface area contributed by atoms with E-state index in [1.54, 1.807) is 0 Å². The smallest absolute Gasteiger partial charge is 0.153 e. The van der Waals surface area contributed by atoms with Crippen molar-refractivity contribution in [3.8, 4) is 0 Å². The average molecular weight is 239 g/mol. The van der Waals surface area contributed by atoms with Crippen LogP contribution in [0.3, 0.4) is 0 Å². The summed E-state index contributed by atoms with van der Waals surface area (Å²) >= 11 is 0. The van der Waals surface area contributed by atoms with E-state index >= 15 is 0 Å². The van der Waals surface area contributed by atoms with Gasteiger partial charge < -0.3 is 9.84 Å². The van der Waals surface area contributed by atoms with Crippen LogP contribution >= 0.6 is 0 Å². The van der Waals surface area contributed by atoms with Gasteiger partial charge in [0.1, 0.15) is 12.4 Å². The van der Waals surface area contributed by atoms with Crippen LogP contribution in [0.1, 0.15) is 50.5 Å². The highest BCUT2D eigenvalue weighted by Gasteiger charge is 2.14. The zero-order chi connectivity index (χ0) is 11.9. The fourth-order valence-electron chi connectivity index (χ4n) is 2.32. The number of rotatable bonds is 6. The molecule has 1 atom stereocenters. The fourth-order valence-corrected chi connectivity index (χ4v) is 2.32. The number of H-pyrrole nitrogens is 1. The van der Waals surface area contributed by atoms with Crippen molar-refractivity contribution in [3.63, 3.8) is 0 Å². The standard InChI is InChI=1S/C12H21N3O2/c16-11(12-13-9-14-15-12)4-2-1-3-10-5-7-17-8-6-10/h9-11,16H,1-8H2,(H,13,14,15). The Labute approximate surface area is 102 Å². The molecule has 0 spiro atoms. The molecule has 2 heterocycles. The number of aromatic nitrogens is 3. The van der Waals surface area contributed by atoms with Crippen LogP contribution in [0, 0.1) is 5.92 Å². The zero-order valence-corrected chi connectivity index (χ0v) is 10.1. The van der Waals surface area contributed by atoms with Gasteiger partial charge in [0.15, 0.2) is 5.82 Å². The largest absolute Gasteiger partial charge is 0.385 e. The molecule has 17 heavy (non-hydrogen) atoms. The van der Waals surface area contributed by atoms with Crippen LogP contribution in [0.25, 0.3) is 0 Å². The molecule has 2 N–H and O–H groups in total. The Morgan fingerprint density at radius 3 is 2.94 bits per heavy atom. The van der Waals surface area contributed by atoms with E-state index in [9.17, 15) is 5.11 Å². The molecular weight excluding hydrogens is 218 g/mol. The molecule has 5 nitrogen and oxygen atoms in total. The van der Waals surface area contributed by atoms with Gasteiger partial charge in [-0.05, 0) is 25.2 Å². The highest BCUT2D eigenvalue weighted by atomic mass is 16.5. The SMILES string of the molecule is OC(CCCCC1CCOCC1)c1ncn[nH]1. The van der Waals surface area contributed by atoms with Crippen LogP contribution < -0.4 is 0 Å². The summed E-state index contributed by atoms with van der Waals surface area (Å²) in [5.41, 5.74) is 0. The summed E-state index contributed by atoms with van der Waals surface area (Å²) in [6.07, 6.45) is 7.57. The minimum absolute atomic E-state index is 0.493. The summed E-state index contributed by atoms with van der Waals surface area (Å²) in [6.45, 7) is 1.84. The molecule has 0 amide bonds. The molecule has 1 aliphatic rings. The molecule has 0 aliphatic carbocycles. The van der Waals surface area contributed by atoms with E-state index < -0.39 is 6.10 Å². The molecular formula is C12H21N3O2. The molecule has 1 aliphatic heterocycles. The van der Waals surface area contributed by atoms with Gasteiger partial charge in [0.2, 0.25) is 0 Å². The van der Waals surface area contributed by atoms with Crippen molar-refractivity contribution in [3.05, 3.63) is 12.2 Å². The first kappa shape index (κ1) is 12.5. The number of aliphatic hydroxyl groups is 1. The van der Waals surface area contributed by atoms with Crippen LogP contribution in [-0.4, -0.2) is 33.5 Å². The Hall–Kier alpha value is -0.940. The van der Waals surface area contributed by atoms with Gasteiger partial charge in [0.05, 0.1) is 0 Å². The average Bonchev–Trinajstić information content (AvgIpc) is 2.89. The monoisotopic (exact) mass is 239 g/mol. The molecule has 1 saturated heterocycles. The maximum atomic E-state index is 9.79. The Morgan fingerprint density at radius 1 is 1.41 bits per heavy atom. The summed E-state index contributed by atoms with van der Waals surface area (Å²) < 4.78 is 5.33. The molecule has 1 aromatic rings. The van der Waals surface area contributed by atoms with Crippen LogP contribution in [0.4, 0.5) is 0 Å². The van der Waals surface area contributed by atoms with Crippen LogP contribution in [0.2, 0.25) is 0 Å². The number of nitrogens with one attached hydrogen (secondary N) is 1.